The average molecular weight is 233 g/mol. The van der Waals surface area contributed by atoms with Crippen molar-refractivity contribution in [1.82, 2.24) is 5.32 Å². The number of carbonyl (C=O) groups excluding carboxylic acids is 1. The molecule has 1 rings (SSSR count). The number of aliphatic hydroxyl groups is 1. The van der Waals surface area contributed by atoms with Gasteiger partial charge in [-0.2, -0.15) is 0 Å². The number of rotatable bonds is 5. The van der Waals surface area contributed by atoms with Crippen molar-refractivity contribution in [1.29, 1.82) is 0 Å². The van der Waals surface area contributed by atoms with Crippen LogP contribution in [0.5, 0.6) is 0 Å². The van der Waals surface area contributed by atoms with E-state index in [9.17, 15) is 4.79 Å². The number of amides is 1. The molecular weight excluding hydrogens is 214 g/mol. The number of hydrogen-bond acceptors (Lipinski definition) is 2. The summed E-state index contributed by atoms with van der Waals surface area (Å²) in [5.41, 5.74) is 2.16. The number of benzene rings is 1. The Balaban J connectivity index is 2.56. The van der Waals surface area contributed by atoms with E-state index < -0.39 is 0 Å². The van der Waals surface area contributed by atoms with Crippen LogP contribution in [-0.4, -0.2) is 23.7 Å². The van der Waals surface area contributed by atoms with Gasteiger partial charge in [0.1, 0.15) is 0 Å². The molecule has 0 aromatic heterocycles. The Morgan fingerprint density at radius 3 is 2.88 bits per heavy atom. The molecule has 0 fully saturated rings. The van der Waals surface area contributed by atoms with Gasteiger partial charge in [-0.1, -0.05) is 36.8 Å². The summed E-state index contributed by atoms with van der Waals surface area (Å²) in [6.07, 6.45) is 3.99. The van der Waals surface area contributed by atoms with Gasteiger partial charge in [-0.15, -0.1) is 0 Å². The molecule has 1 atom stereocenters. The standard InChI is InChI=1S/C14H19NO2/c1-3-13(10-16)15-14(17)8-7-12-6-4-5-11(2)9-12/h4-9,13,16H,3,10H2,1-2H3,(H,15,17)/b8-7+/t13-/m0/s1. The summed E-state index contributed by atoms with van der Waals surface area (Å²) in [7, 11) is 0. The minimum Gasteiger partial charge on any atom is -0.394 e. The predicted molar refractivity (Wildman–Crippen MR) is 69.5 cm³/mol. The van der Waals surface area contributed by atoms with E-state index in [1.165, 1.54) is 6.08 Å². The molecule has 17 heavy (non-hydrogen) atoms. The van der Waals surface area contributed by atoms with Gasteiger partial charge >= 0.3 is 0 Å². The van der Waals surface area contributed by atoms with Crippen LogP contribution in [0.3, 0.4) is 0 Å². The van der Waals surface area contributed by atoms with Crippen LogP contribution in [0.25, 0.3) is 6.08 Å². The smallest absolute Gasteiger partial charge is 0.244 e. The number of carbonyl (C=O) groups is 1. The largest absolute Gasteiger partial charge is 0.394 e. The Labute approximate surface area is 102 Å². The summed E-state index contributed by atoms with van der Waals surface area (Å²) in [6, 6.07) is 7.75. The topological polar surface area (TPSA) is 49.3 Å². The summed E-state index contributed by atoms with van der Waals surface area (Å²) in [5.74, 6) is -0.174. The van der Waals surface area contributed by atoms with Crippen molar-refractivity contribution >= 4 is 12.0 Å². The van der Waals surface area contributed by atoms with Crippen LogP contribution < -0.4 is 5.32 Å². The van der Waals surface area contributed by atoms with Crippen molar-refractivity contribution in [2.24, 2.45) is 0 Å². The molecule has 3 nitrogen and oxygen atoms in total. The van der Waals surface area contributed by atoms with Gasteiger partial charge in [0.05, 0.1) is 12.6 Å². The Bertz CT molecular complexity index is 395. The molecule has 0 saturated heterocycles. The SMILES string of the molecule is CC[C@@H](CO)NC(=O)/C=C/c1cccc(C)c1. The minimum absolute atomic E-state index is 0.0273. The van der Waals surface area contributed by atoms with Gasteiger partial charge in [0, 0.05) is 6.08 Å². The van der Waals surface area contributed by atoms with Crippen molar-refractivity contribution in [3.8, 4) is 0 Å². The molecule has 2 N–H and O–H groups in total. The lowest BCUT2D eigenvalue weighted by Gasteiger charge is -2.11. The summed E-state index contributed by atoms with van der Waals surface area (Å²) >= 11 is 0. The monoisotopic (exact) mass is 233 g/mol. The third-order valence-corrected chi connectivity index (χ3v) is 2.53. The Morgan fingerprint density at radius 1 is 1.53 bits per heavy atom. The van der Waals surface area contributed by atoms with E-state index in [2.05, 4.69) is 5.32 Å². The third kappa shape index (κ3) is 4.83. The molecule has 0 aliphatic carbocycles. The number of aliphatic hydroxyl groups excluding tert-OH is 1. The van der Waals surface area contributed by atoms with Gasteiger partial charge in [0.2, 0.25) is 5.91 Å². The van der Waals surface area contributed by atoms with Gasteiger partial charge in [0.25, 0.3) is 0 Å². The lowest BCUT2D eigenvalue weighted by molar-refractivity contribution is -0.117. The van der Waals surface area contributed by atoms with E-state index >= 15 is 0 Å². The molecule has 0 aliphatic heterocycles. The van der Waals surface area contributed by atoms with Crippen LogP contribution in [0.2, 0.25) is 0 Å². The molecule has 0 radical (unpaired) electrons. The molecule has 92 valence electrons. The molecule has 0 aliphatic rings. The second kappa shape index (κ2) is 6.86. The molecule has 1 amide bonds. The molecule has 1 aromatic carbocycles. The fourth-order valence-corrected chi connectivity index (χ4v) is 1.47. The second-order valence-electron chi connectivity index (χ2n) is 4.04. The quantitative estimate of drug-likeness (QED) is 0.763. The molecular formula is C14H19NO2. The normalized spacial score (nSPS) is 12.6. The van der Waals surface area contributed by atoms with E-state index in [0.717, 1.165) is 17.5 Å². The fourth-order valence-electron chi connectivity index (χ4n) is 1.47. The first-order valence-corrected chi connectivity index (χ1v) is 5.81. The number of aryl methyl sites for hydroxylation is 1. The van der Waals surface area contributed by atoms with Crippen LogP contribution in [0, 0.1) is 6.92 Å². The van der Waals surface area contributed by atoms with Gasteiger partial charge < -0.3 is 10.4 Å². The Morgan fingerprint density at radius 2 is 2.29 bits per heavy atom. The van der Waals surface area contributed by atoms with E-state index in [-0.39, 0.29) is 18.6 Å². The zero-order valence-electron chi connectivity index (χ0n) is 10.3. The highest BCUT2D eigenvalue weighted by molar-refractivity contribution is 5.91. The maximum Gasteiger partial charge on any atom is 0.244 e. The molecule has 0 heterocycles. The van der Waals surface area contributed by atoms with Gasteiger partial charge in [0.15, 0.2) is 0 Å². The van der Waals surface area contributed by atoms with Crippen LogP contribution in [0.15, 0.2) is 30.3 Å². The average Bonchev–Trinajstić information content (AvgIpc) is 2.33. The fraction of sp³-hybridized carbons (Fsp3) is 0.357. The van der Waals surface area contributed by atoms with Gasteiger partial charge in [-0.3, -0.25) is 4.79 Å². The van der Waals surface area contributed by atoms with Crippen LogP contribution in [0.4, 0.5) is 0 Å². The molecule has 0 saturated carbocycles. The number of hydrogen-bond donors (Lipinski definition) is 2. The first-order chi connectivity index (χ1) is 8.15. The summed E-state index contributed by atoms with van der Waals surface area (Å²) in [4.78, 5) is 11.5. The van der Waals surface area contributed by atoms with Crippen LogP contribution in [0.1, 0.15) is 24.5 Å². The third-order valence-electron chi connectivity index (χ3n) is 2.53. The lowest BCUT2D eigenvalue weighted by Crippen LogP contribution is -2.35. The molecule has 0 bridgehead atoms. The zero-order valence-corrected chi connectivity index (χ0v) is 10.3. The molecule has 1 aromatic rings. The lowest BCUT2D eigenvalue weighted by atomic mass is 10.1. The molecule has 3 heteroatoms. The van der Waals surface area contributed by atoms with Gasteiger partial charge in [-0.05, 0) is 25.0 Å². The number of nitrogens with one attached hydrogen (secondary N) is 1. The summed E-state index contributed by atoms with van der Waals surface area (Å²) in [5, 5.41) is 11.7. The minimum atomic E-state index is -0.174. The first kappa shape index (κ1) is 13.5. The van der Waals surface area contributed by atoms with E-state index in [0.29, 0.717) is 0 Å². The Hall–Kier alpha value is -1.61. The van der Waals surface area contributed by atoms with Crippen LogP contribution >= 0.6 is 0 Å². The zero-order chi connectivity index (χ0) is 12.7. The van der Waals surface area contributed by atoms with E-state index in [4.69, 9.17) is 5.11 Å². The second-order valence-corrected chi connectivity index (χ2v) is 4.04. The maximum absolute atomic E-state index is 11.5. The van der Waals surface area contributed by atoms with Crippen molar-refractivity contribution < 1.29 is 9.90 Å². The first-order valence-electron chi connectivity index (χ1n) is 5.81. The van der Waals surface area contributed by atoms with E-state index in [1.807, 2.05) is 38.1 Å². The van der Waals surface area contributed by atoms with Crippen LogP contribution in [-0.2, 0) is 4.79 Å². The molecule has 0 spiro atoms. The highest BCUT2D eigenvalue weighted by Crippen LogP contribution is 2.05. The van der Waals surface area contributed by atoms with Crippen molar-refractivity contribution in [3.05, 3.63) is 41.5 Å². The Kier molecular flexibility index (Phi) is 5.43. The summed E-state index contributed by atoms with van der Waals surface area (Å²) in [6.45, 7) is 3.91. The van der Waals surface area contributed by atoms with E-state index in [1.54, 1.807) is 6.08 Å². The highest BCUT2D eigenvalue weighted by Gasteiger charge is 2.05. The highest BCUT2D eigenvalue weighted by atomic mass is 16.3. The molecule has 0 unspecified atom stereocenters. The van der Waals surface area contributed by atoms with Crippen molar-refractivity contribution in [2.45, 2.75) is 26.3 Å². The summed E-state index contributed by atoms with van der Waals surface area (Å²) < 4.78 is 0. The van der Waals surface area contributed by atoms with Gasteiger partial charge in [-0.25, -0.2) is 0 Å². The van der Waals surface area contributed by atoms with Crippen molar-refractivity contribution in [2.75, 3.05) is 6.61 Å². The predicted octanol–water partition coefficient (Wildman–Crippen LogP) is 1.90. The van der Waals surface area contributed by atoms with Crippen molar-refractivity contribution in [3.63, 3.8) is 0 Å². The maximum atomic E-state index is 11.5.